The number of benzene rings is 2. The summed E-state index contributed by atoms with van der Waals surface area (Å²) in [4.78, 5) is 27.6. The molecule has 0 bridgehead atoms. The lowest BCUT2D eigenvalue weighted by Crippen LogP contribution is -2.49. The molecule has 0 radical (unpaired) electrons. The molecule has 0 spiro atoms. The van der Waals surface area contributed by atoms with Gasteiger partial charge in [-0.1, -0.05) is 135 Å². The summed E-state index contributed by atoms with van der Waals surface area (Å²) in [5, 5.41) is 11.6. The fourth-order valence-electron chi connectivity index (χ4n) is 6.35. The molecule has 2 aromatic carbocycles. The molecule has 1 fully saturated rings. The summed E-state index contributed by atoms with van der Waals surface area (Å²) >= 11 is 0. The number of rotatable bonds is 24. The summed E-state index contributed by atoms with van der Waals surface area (Å²) < 4.78 is 19.0. The zero-order valence-electron chi connectivity index (χ0n) is 32.5. The predicted molar refractivity (Wildman–Crippen MR) is 209 cm³/mol. The van der Waals surface area contributed by atoms with Gasteiger partial charge in [0.25, 0.3) is 0 Å². The number of likely N-dealkylation sites (tertiary alicyclic amines) is 1. The maximum Gasteiger partial charge on any atom is 0.318 e. The minimum atomic E-state index is -0.653. The van der Waals surface area contributed by atoms with Gasteiger partial charge in [0.2, 0.25) is 0 Å². The Labute approximate surface area is 309 Å². The number of carbonyl (C=O) groups excluding carboxylic acids is 1. The molecule has 0 atom stereocenters. The van der Waals surface area contributed by atoms with Crippen molar-refractivity contribution in [2.75, 3.05) is 26.7 Å². The molecular weight excluding hydrogens is 641 g/mol. The molecule has 3 rings (SSSR count). The number of nitrogens with one attached hydrogen (secondary N) is 1. The Morgan fingerprint density at radius 2 is 1.29 bits per heavy atom. The number of carbonyl (C=O) groups is 2. The van der Waals surface area contributed by atoms with Crippen LogP contribution in [0.5, 0.6) is 5.75 Å². The SMILES string of the molecule is CC(C)COc1ccc(CNC(=O)N(Cc2ccc(F)cc2)C2CCN(C)CC2)cc1.CCCCCCCCCCCCCCCCCC(=O)O. The molecule has 2 amide bonds. The number of carboxylic acids is 1. The zero-order chi connectivity index (χ0) is 37.1. The minimum absolute atomic E-state index is 0.0842. The van der Waals surface area contributed by atoms with Crippen molar-refractivity contribution in [1.82, 2.24) is 15.1 Å². The molecular formula is C43H70FN3O4. The van der Waals surface area contributed by atoms with E-state index in [1.807, 2.05) is 29.2 Å². The van der Waals surface area contributed by atoms with Gasteiger partial charge in [-0.2, -0.15) is 0 Å². The van der Waals surface area contributed by atoms with Crippen molar-refractivity contribution in [2.45, 2.75) is 155 Å². The number of hydrogen-bond donors (Lipinski definition) is 2. The quantitative estimate of drug-likeness (QED) is 0.106. The fraction of sp³-hybridized carbons (Fsp3) is 0.674. The molecule has 8 heteroatoms. The summed E-state index contributed by atoms with van der Waals surface area (Å²) in [6.45, 7) is 10.1. The second-order valence-corrected chi connectivity index (χ2v) is 14.9. The Hall–Kier alpha value is -3.13. The number of carboxylic acid groups (broad SMARTS) is 1. The molecule has 0 unspecified atom stereocenters. The van der Waals surface area contributed by atoms with Crippen molar-refractivity contribution in [3.05, 3.63) is 65.5 Å². The van der Waals surface area contributed by atoms with Gasteiger partial charge in [-0.15, -0.1) is 0 Å². The Bertz CT molecular complexity index is 1170. The molecule has 1 aliphatic heterocycles. The lowest BCUT2D eigenvalue weighted by Gasteiger charge is -2.37. The molecule has 1 saturated heterocycles. The third-order valence-electron chi connectivity index (χ3n) is 9.60. The lowest BCUT2D eigenvalue weighted by molar-refractivity contribution is -0.137. The van der Waals surface area contributed by atoms with E-state index < -0.39 is 5.97 Å². The Balaban J connectivity index is 0.000000392. The van der Waals surface area contributed by atoms with E-state index in [1.165, 1.54) is 95.6 Å². The van der Waals surface area contributed by atoms with Gasteiger partial charge in [0.05, 0.1) is 6.61 Å². The molecule has 2 aromatic rings. The topological polar surface area (TPSA) is 82.1 Å². The normalized spacial score (nSPS) is 13.5. The zero-order valence-corrected chi connectivity index (χ0v) is 32.5. The van der Waals surface area contributed by atoms with Crippen LogP contribution in [-0.4, -0.2) is 59.7 Å². The second kappa shape index (κ2) is 27.5. The summed E-state index contributed by atoms with van der Waals surface area (Å²) in [5.74, 6) is 0.401. The van der Waals surface area contributed by atoms with Crippen LogP contribution in [-0.2, 0) is 17.9 Å². The van der Waals surface area contributed by atoms with Gasteiger partial charge in [-0.25, -0.2) is 9.18 Å². The Morgan fingerprint density at radius 3 is 1.78 bits per heavy atom. The van der Waals surface area contributed by atoms with E-state index in [0.29, 0.717) is 32.0 Å². The summed E-state index contributed by atoms with van der Waals surface area (Å²) in [7, 11) is 2.11. The van der Waals surface area contributed by atoms with Crippen molar-refractivity contribution in [3.63, 3.8) is 0 Å². The maximum atomic E-state index is 13.3. The van der Waals surface area contributed by atoms with Crippen molar-refractivity contribution in [2.24, 2.45) is 5.92 Å². The Morgan fingerprint density at radius 1 is 0.804 bits per heavy atom. The van der Waals surface area contributed by atoms with Crippen LogP contribution in [0.15, 0.2) is 48.5 Å². The number of urea groups is 1. The predicted octanol–water partition coefficient (Wildman–Crippen LogP) is 11.0. The van der Waals surface area contributed by atoms with E-state index in [0.717, 1.165) is 55.6 Å². The molecule has 2 N–H and O–H groups in total. The van der Waals surface area contributed by atoms with Crippen molar-refractivity contribution < 1.29 is 23.8 Å². The van der Waals surface area contributed by atoms with E-state index in [2.05, 4.69) is 38.0 Å². The third kappa shape index (κ3) is 21.7. The van der Waals surface area contributed by atoms with Gasteiger partial charge in [0, 0.05) is 25.6 Å². The Kier molecular flexibility index (Phi) is 23.8. The molecule has 0 saturated carbocycles. The number of amides is 2. The first kappa shape index (κ1) is 44.0. The van der Waals surface area contributed by atoms with Crippen LogP contribution in [0.3, 0.4) is 0 Å². The molecule has 1 aliphatic rings. The highest BCUT2D eigenvalue weighted by Gasteiger charge is 2.27. The van der Waals surface area contributed by atoms with Crippen LogP contribution >= 0.6 is 0 Å². The molecule has 7 nitrogen and oxygen atoms in total. The average Bonchev–Trinajstić information content (AvgIpc) is 3.12. The smallest absolute Gasteiger partial charge is 0.318 e. The number of aliphatic carboxylic acids is 1. The maximum absolute atomic E-state index is 13.3. The summed E-state index contributed by atoms with van der Waals surface area (Å²) in [6.07, 6.45) is 22.1. The van der Waals surface area contributed by atoms with Crippen LogP contribution in [0.25, 0.3) is 0 Å². The van der Waals surface area contributed by atoms with Gasteiger partial charge in [-0.05, 0) is 80.7 Å². The van der Waals surface area contributed by atoms with Gasteiger partial charge in [0.15, 0.2) is 0 Å². The number of nitrogens with zero attached hydrogens (tertiary/aromatic N) is 2. The van der Waals surface area contributed by atoms with E-state index in [1.54, 1.807) is 12.1 Å². The molecule has 51 heavy (non-hydrogen) atoms. The highest BCUT2D eigenvalue weighted by atomic mass is 19.1. The second-order valence-electron chi connectivity index (χ2n) is 14.9. The van der Waals surface area contributed by atoms with Crippen LogP contribution in [0.2, 0.25) is 0 Å². The highest BCUT2D eigenvalue weighted by molar-refractivity contribution is 5.74. The number of piperidine rings is 1. The van der Waals surface area contributed by atoms with E-state index in [-0.39, 0.29) is 17.9 Å². The fourth-order valence-corrected chi connectivity index (χ4v) is 6.35. The molecule has 0 aromatic heterocycles. The molecule has 0 aliphatic carbocycles. The monoisotopic (exact) mass is 712 g/mol. The van der Waals surface area contributed by atoms with Crippen LogP contribution < -0.4 is 10.1 Å². The van der Waals surface area contributed by atoms with Gasteiger partial charge in [-0.3, -0.25) is 4.79 Å². The van der Waals surface area contributed by atoms with Gasteiger partial charge >= 0.3 is 12.0 Å². The van der Waals surface area contributed by atoms with Crippen LogP contribution in [0, 0.1) is 11.7 Å². The van der Waals surface area contributed by atoms with Gasteiger partial charge in [0.1, 0.15) is 11.6 Å². The number of ether oxygens (including phenoxy) is 1. The highest BCUT2D eigenvalue weighted by Crippen LogP contribution is 2.20. The van der Waals surface area contributed by atoms with Gasteiger partial charge < -0.3 is 25.0 Å². The third-order valence-corrected chi connectivity index (χ3v) is 9.60. The molecule has 1 heterocycles. The number of unbranched alkanes of at least 4 members (excludes halogenated alkanes) is 14. The number of halogens is 1. The summed E-state index contributed by atoms with van der Waals surface area (Å²) in [6, 6.07) is 14.3. The van der Waals surface area contributed by atoms with Crippen molar-refractivity contribution >= 4 is 12.0 Å². The standard InChI is InChI=1S/C25H34FN3O2.C18H36O2/c1-19(2)18-31-24-10-6-20(7-11-24)16-27-25(30)29(23-12-14-28(3)15-13-23)17-21-4-8-22(26)9-5-21;1-2-3-4-5-6-7-8-9-10-11-12-13-14-15-16-17-18(19)20/h4-11,19,23H,12-18H2,1-3H3,(H,27,30);2-17H2,1H3,(H,19,20). The number of hydrogen-bond acceptors (Lipinski definition) is 4. The first-order valence-corrected chi connectivity index (χ1v) is 20.1. The molecule has 288 valence electrons. The first-order chi connectivity index (χ1) is 24.7. The summed E-state index contributed by atoms with van der Waals surface area (Å²) in [5.41, 5.74) is 1.96. The van der Waals surface area contributed by atoms with Crippen molar-refractivity contribution in [3.8, 4) is 5.75 Å². The first-order valence-electron chi connectivity index (χ1n) is 20.1. The van der Waals surface area contributed by atoms with Crippen LogP contribution in [0.4, 0.5) is 9.18 Å². The minimum Gasteiger partial charge on any atom is -0.493 e. The van der Waals surface area contributed by atoms with Crippen molar-refractivity contribution in [1.29, 1.82) is 0 Å². The van der Waals surface area contributed by atoms with E-state index in [4.69, 9.17) is 9.84 Å². The van der Waals surface area contributed by atoms with E-state index >= 15 is 0 Å². The average molecular weight is 712 g/mol. The largest absolute Gasteiger partial charge is 0.493 e. The van der Waals surface area contributed by atoms with Crippen LogP contribution in [0.1, 0.15) is 147 Å². The van der Waals surface area contributed by atoms with E-state index in [9.17, 15) is 14.0 Å². The lowest BCUT2D eigenvalue weighted by atomic mass is 10.0.